The van der Waals surface area contributed by atoms with Crippen molar-refractivity contribution >= 4 is 23.2 Å². The first-order valence-electron chi connectivity index (χ1n) is 6.75. The van der Waals surface area contributed by atoms with Gasteiger partial charge in [-0.15, -0.1) is 0 Å². The van der Waals surface area contributed by atoms with E-state index in [1.807, 2.05) is 36.7 Å². The number of aromatic nitrogens is 2. The van der Waals surface area contributed by atoms with Gasteiger partial charge in [-0.1, -0.05) is 36.2 Å². The maximum atomic E-state index is 6.34. The summed E-state index contributed by atoms with van der Waals surface area (Å²) in [5.41, 5.74) is 3.78. The molecular formula is C15H19Cl2N3. The van der Waals surface area contributed by atoms with E-state index in [0.717, 1.165) is 47.2 Å². The van der Waals surface area contributed by atoms with E-state index in [9.17, 15) is 0 Å². The smallest absolute Gasteiger partial charge is 0.0848 e. The molecule has 0 bridgehead atoms. The number of benzene rings is 1. The Kier molecular flexibility index (Phi) is 5.08. The van der Waals surface area contributed by atoms with Crippen LogP contribution in [0, 0.1) is 13.8 Å². The Balaban J connectivity index is 2.26. The monoisotopic (exact) mass is 311 g/mol. The average molecular weight is 312 g/mol. The molecule has 1 N–H and O–H groups in total. The third kappa shape index (κ3) is 3.17. The van der Waals surface area contributed by atoms with E-state index in [-0.39, 0.29) is 0 Å². The number of rotatable bonds is 5. The van der Waals surface area contributed by atoms with Crippen molar-refractivity contribution in [3.05, 3.63) is 45.2 Å². The topological polar surface area (TPSA) is 29.9 Å². The molecule has 0 radical (unpaired) electrons. The maximum absolute atomic E-state index is 6.34. The van der Waals surface area contributed by atoms with Crippen LogP contribution in [0.3, 0.4) is 0 Å². The lowest BCUT2D eigenvalue weighted by molar-refractivity contribution is 0.675. The summed E-state index contributed by atoms with van der Waals surface area (Å²) in [5, 5.41) is 9.23. The molecule has 0 aliphatic heterocycles. The van der Waals surface area contributed by atoms with Crippen LogP contribution in [0.1, 0.15) is 30.3 Å². The molecule has 0 saturated heterocycles. The van der Waals surface area contributed by atoms with Crippen LogP contribution < -0.4 is 5.32 Å². The fourth-order valence-corrected chi connectivity index (χ4v) is 2.45. The predicted octanol–water partition coefficient (Wildman–Crippen LogP) is 4.30. The van der Waals surface area contributed by atoms with Crippen molar-refractivity contribution in [1.82, 2.24) is 15.1 Å². The van der Waals surface area contributed by atoms with E-state index >= 15 is 0 Å². The van der Waals surface area contributed by atoms with Gasteiger partial charge in [-0.3, -0.25) is 0 Å². The van der Waals surface area contributed by atoms with Crippen LogP contribution in [0.15, 0.2) is 18.2 Å². The summed E-state index contributed by atoms with van der Waals surface area (Å²) < 4.78 is 1.83. The standard InChI is InChI=1S/C15H19Cl2N3/c1-4-7-18-9-12-5-6-13(8-14(12)16)20-11(3)15(17)10(2)19-20/h5-6,8,18H,4,7,9H2,1-3H3. The molecule has 0 atom stereocenters. The Labute approximate surface area is 129 Å². The molecule has 20 heavy (non-hydrogen) atoms. The number of hydrogen-bond donors (Lipinski definition) is 1. The molecule has 2 aromatic rings. The zero-order chi connectivity index (χ0) is 14.7. The Morgan fingerprint density at radius 2 is 2.00 bits per heavy atom. The van der Waals surface area contributed by atoms with Gasteiger partial charge in [0.15, 0.2) is 0 Å². The van der Waals surface area contributed by atoms with Crippen LogP contribution in [-0.4, -0.2) is 16.3 Å². The Hall–Kier alpha value is -1.03. The molecule has 0 aliphatic rings. The molecule has 5 heteroatoms. The number of halogens is 2. The number of nitrogens with one attached hydrogen (secondary N) is 1. The number of nitrogens with zero attached hydrogens (tertiary/aromatic N) is 2. The second-order valence-electron chi connectivity index (χ2n) is 4.85. The normalized spacial score (nSPS) is 11.1. The Bertz CT molecular complexity index is 605. The average Bonchev–Trinajstić information content (AvgIpc) is 2.68. The van der Waals surface area contributed by atoms with Crippen LogP contribution in [0.5, 0.6) is 0 Å². The van der Waals surface area contributed by atoms with Crippen molar-refractivity contribution in [1.29, 1.82) is 0 Å². The van der Waals surface area contributed by atoms with Crippen molar-refractivity contribution in [2.24, 2.45) is 0 Å². The fourth-order valence-electron chi connectivity index (χ4n) is 2.09. The molecule has 1 heterocycles. The molecule has 0 aliphatic carbocycles. The number of aryl methyl sites for hydroxylation is 1. The van der Waals surface area contributed by atoms with Crippen LogP contribution in [0.2, 0.25) is 10.0 Å². The summed E-state index contributed by atoms with van der Waals surface area (Å²) in [7, 11) is 0. The maximum Gasteiger partial charge on any atom is 0.0848 e. The first kappa shape index (κ1) is 15.4. The zero-order valence-electron chi connectivity index (χ0n) is 12.0. The van der Waals surface area contributed by atoms with Gasteiger partial charge in [-0.2, -0.15) is 5.10 Å². The van der Waals surface area contributed by atoms with E-state index < -0.39 is 0 Å². The van der Waals surface area contributed by atoms with Crippen LogP contribution in [0.4, 0.5) is 0 Å². The summed E-state index contributed by atoms with van der Waals surface area (Å²) in [6, 6.07) is 5.98. The minimum atomic E-state index is 0.704. The second kappa shape index (κ2) is 6.61. The Morgan fingerprint density at radius 3 is 2.55 bits per heavy atom. The second-order valence-corrected chi connectivity index (χ2v) is 5.63. The first-order chi connectivity index (χ1) is 9.54. The van der Waals surface area contributed by atoms with Crippen LogP contribution in [-0.2, 0) is 6.54 Å². The third-order valence-electron chi connectivity index (χ3n) is 3.23. The van der Waals surface area contributed by atoms with Crippen molar-refractivity contribution in [2.45, 2.75) is 33.7 Å². The SMILES string of the molecule is CCCNCc1ccc(-n2nc(C)c(Cl)c2C)cc1Cl. The lowest BCUT2D eigenvalue weighted by Gasteiger charge is -2.09. The van der Waals surface area contributed by atoms with E-state index in [2.05, 4.69) is 17.3 Å². The molecule has 2 rings (SSSR count). The molecule has 0 unspecified atom stereocenters. The lowest BCUT2D eigenvalue weighted by Crippen LogP contribution is -2.14. The fraction of sp³-hybridized carbons (Fsp3) is 0.400. The van der Waals surface area contributed by atoms with Gasteiger partial charge in [0.1, 0.15) is 0 Å². The highest BCUT2D eigenvalue weighted by Gasteiger charge is 2.11. The largest absolute Gasteiger partial charge is 0.313 e. The van der Waals surface area contributed by atoms with E-state index in [1.54, 1.807) is 0 Å². The van der Waals surface area contributed by atoms with Crippen molar-refractivity contribution in [2.75, 3.05) is 6.54 Å². The summed E-state index contributed by atoms with van der Waals surface area (Å²) in [5.74, 6) is 0. The van der Waals surface area contributed by atoms with Gasteiger partial charge in [0.2, 0.25) is 0 Å². The van der Waals surface area contributed by atoms with Crippen LogP contribution >= 0.6 is 23.2 Å². The molecular weight excluding hydrogens is 293 g/mol. The number of hydrogen-bond acceptors (Lipinski definition) is 2. The van der Waals surface area contributed by atoms with Gasteiger partial charge < -0.3 is 5.32 Å². The van der Waals surface area contributed by atoms with Gasteiger partial charge in [0.05, 0.1) is 22.1 Å². The highest BCUT2D eigenvalue weighted by Crippen LogP contribution is 2.25. The summed E-state index contributed by atoms with van der Waals surface area (Å²) in [6.45, 7) is 7.77. The molecule has 3 nitrogen and oxygen atoms in total. The zero-order valence-corrected chi connectivity index (χ0v) is 13.5. The quantitative estimate of drug-likeness (QED) is 0.834. The molecule has 1 aromatic heterocycles. The van der Waals surface area contributed by atoms with Crippen LogP contribution in [0.25, 0.3) is 5.69 Å². The van der Waals surface area contributed by atoms with Gasteiger partial charge in [0.25, 0.3) is 0 Å². The van der Waals surface area contributed by atoms with E-state index in [0.29, 0.717) is 5.02 Å². The van der Waals surface area contributed by atoms with E-state index in [1.165, 1.54) is 0 Å². The molecule has 0 saturated carbocycles. The highest BCUT2D eigenvalue weighted by molar-refractivity contribution is 6.32. The van der Waals surface area contributed by atoms with Gasteiger partial charge in [-0.25, -0.2) is 4.68 Å². The predicted molar refractivity (Wildman–Crippen MR) is 85.1 cm³/mol. The van der Waals surface area contributed by atoms with Gasteiger partial charge >= 0.3 is 0 Å². The summed E-state index contributed by atoms with van der Waals surface area (Å²) >= 11 is 12.5. The lowest BCUT2D eigenvalue weighted by atomic mass is 10.2. The molecule has 0 amide bonds. The highest BCUT2D eigenvalue weighted by atomic mass is 35.5. The Morgan fingerprint density at radius 1 is 1.25 bits per heavy atom. The van der Waals surface area contributed by atoms with Crippen molar-refractivity contribution in [3.8, 4) is 5.69 Å². The molecule has 0 fully saturated rings. The minimum Gasteiger partial charge on any atom is -0.313 e. The van der Waals surface area contributed by atoms with E-state index in [4.69, 9.17) is 23.2 Å². The summed E-state index contributed by atoms with van der Waals surface area (Å²) in [4.78, 5) is 0. The molecule has 1 aromatic carbocycles. The first-order valence-corrected chi connectivity index (χ1v) is 7.51. The van der Waals surface area contributed by atoms with Crippen molar-refractivity contribution in [3.63, 3.8) is 0 Å². The third-order valence-corrected chi connectivity index (χ3v) is 4.13. The summed E-state index contributed by atoms with van der Waals surface area (Å²) in [6.07, 6.45) is 1.11. The molecule has 0 spiro atoms. The minimum absolute atomic E-state index is 0.704. The van der Waals surface area contributed by atoms with Gasteiger partial charge in [0, 0.05) is 11.6 Å². The van der Waals surface area contributed by atoms with Crippen molar-refractivity contribution < 1.29 is 0 Å². The molecule has 108 valence electrons. The van der Waals surface area contributed by atoms with Gasteiger partial charge in [-0.05, 0) is 44.5 Å².